The minimum absolute atomic E-state index is 0.106. The molecule has 2 aromatic carbocycles. The number of ketones is 1. The number of ether oxygens (including phenoxy) is 5. The molecule has 0 saturated carbocycles. The van der Waals surface area contributed by atoms with E-state index >= 15 is 0 Å². The van der Waals surface area contributed by atoms with E-state index in [1.165, 1.54) is 14.2 Å². The van der Waals surface area contributed by atoms with Crippen molar-refractivity contribution in [3.8, 4) is 17.2 Å². The average Bonchev–Trinajstić information content (AvgIpc) is 2.81. The first-order chi connectivity index (χ1) is 14.7. The second kappa shape index (κ2) is 11.5. The molecule has 0 aromatic heterocycles. The highest BCUT2D eigenvalue weighted by Crippen LogP contribution is 2.39. The van der Waals surface area contributed by atoms with E-state index in [4.69, 9.17) is 23.7 Å². The first-order valence-electron chi connectivity index (χ1n) is 10.1. The van der Waals surface area contributed by atoms with Crippen LogP contribution in [0.3, 0.4) is 0 Å². The lowest BCUT2D eigenvalue weighted by Gasteiger charge is -2.26. The number of carbonyl (C=O) groups is 1. The van der Waals surface area contributed by atoms with Crippen LogP contribution in [-0.2, 0) is 9.47 Å². The zero-order valence-electron chi connectivity index (χ0n) is 17.6. The Labute approximate surface area is 177 Å². The number of hydrogen-bond donors (Lipinski definition) is 0. The van der Waals surface area contributed by atoms with Crippen LogP contribution in [-0.4, -0.2) is 77.6 Å². The number of hydrogen-bond acceptors (Lipinski definition) is 7. The Balaban J connectivity index is 1.56. The van der Waals surface area contributed by atoms with Crippen molar-refractivity contribution in [1.29, 1.82) is 0 Å². The van der Waals surface area contributed by atoms with E-state index in [-0.39, 0.29) is 5.78 Å². The lowest BCUT2D eigenvalue weighted by atomic mass is 10.0. The van der Waals surface area contributed by atoms with E-state index in [9.17, 15) is 4.79 Å². The smallest absolute Gasteiger partial charge is 0.203 e. The molecule has 1 saturated heterocycles. The minimum atomic E-state index is -0.106. The maximum Gasteiger partial charge on any atom is 0.203 e. The van der Waals surface area contributed by atoms with Gasteiger partial charge in [0.2, 0.25) is 5.75 Å². The normalized spacial score (nSPS) is 14.3. The van der Waals surface area contributed by atoms with Crippen LogP contribution in [0, 0.1) is 0 Å². The van der Waals surface area contributed by atoms with Crippen LogP contribution in [0.5, 0.6) is 17.2 Å². The molecule has 0 amide bonds. The van der Waals surface area contributed by atoms with E-state index in [1.807, 2.05) is 18.2 Å². The fraction of sp³-hybridized carbons (Fsp3) is 0.435. The molecule has 1 aliphatic heterocycles. The molecule has 0 atom stereocenters. The van der Waals surface area contributed by atoms with E-state index in [0.29, 0.717) is 48.2 Å². The summed E-state index contributed by atoms with van der Waals surface area (Å²) in [6, 6.07) is 12.4. The van der Waals surface area contributed by atoms with Crippen molar-refractivity contribution in [1.82, 2.24) is 4.90 Å². The molecule has 3 rings (SSSR count). The van der Waals surface area contributed by atoms with E-state index in [2.05, 4.69) is 4.90 Å². The molecule has 162 valence electrons. The first-order valence-corrected chi connectivity index (χ1v) is 10.1. The standard InChI is InChI=1S/C23H29NO6/c1-26-20-16-19(22(25)18-6-4-3-5-7-18)17-21(27-2)23(20)30-15-14-29-13-10-24-8-11-28-12-9-24/h3-7,16-17H,8-15H2,1-2H3. The van der Waals surface area contributed by atoms with Gasteiger partial charge in [-0.15, -0.1) is 0 Å². The summed E-state index contributed by atoms with van der Waals surface area (Å²) in [6.45, 7) is 5.78. The van der Waals surface area contributed by atoms with E-state index in [1.54, 1.807) is 24.3 Å². The summed E-state index contributed by atoms with van der Waals surface area (Å²) in [5.41, 5.74) is 1.08. The quantitative estimate of drug-likeness (QED) is 0.413. The highest BCUT2D eigenvalue weighted by atomic mass is 16.6. The molecule has 2 aromatic rings. The van der Waals surface area contributed by atoms with Crippen molar-refractivity contribution >= 4 is 5.78 Å². The lowest BCUT2D eigenvalue weighted by Crippen LogP contribution is -2.38. The van der Waals surface area contributed by atoms with Gasteiger partial charge in [0.1, 0.15) is 6.61 Å². The van der Waals surface area contributed by atoms with Crippen molar-refractivity contribution < 1.29 is 28.5 Å². The van der Waals surface area contributed by atoms with Gasteiger partial charge in [0.05, 0.1) is 40.6 Å². The summed E-state index contributed by atoms with van der Waals surface area (Å²) in [5, 5.41) is 0. The summed E-state index contributed by atoms with van der Waals surface area (Å²) in [4.78, 5) is 15.1. The van der Waals surface area contributed by atoms with Gasteiger partial charge < -0.3 is 23.7 Å². The molecule has 0 N–H and O–H groups in total. The van der Waals surface area contributed by atoms with E-state index < -0.39 is 0 Å². The molecule has 1 heterocycles. The van der Waals surface area contributed by atoms with Gasteiger partial charge >= 0.3 is 0 Å². The third-order valence-corrected chi connectivity index (χ3v) is 4.89. The molecule has 0 unspecified atom stereocenters. The lowest BCUT2D eigenvalue weighted by molar-refractivity contribution is 0.0168. The molecular weight excluding hydrogens is 386 g/mol. The van der Waals surface area contributed by atoms with Crippen LogP contribution in [0.4, 0.5) is 0 Å². The average molecular weight is 415 g/mol. The number of nitrogens with zero attached hydrogens (tertiary/aromatic N) is 1. The fourth-order valence-electron chi connectivity index (χ4n) is 3.23. The molecule has 1 fully saturated rings. The van der Waals surface area contributed by atoms with Crippen molar-refractivity contribution in [3.63, 3.8) is 0 Å². The number of carbonyl (C=O) groups excluding carboxylic acids is 1. The predicted molar refractivity (Wildman–Crippen MR) is 113 cm³/mol. The Morgan fingerprint density at radius 2 is 1.60 bits per heavy atom. The summed E-state index contributed by atoms with van der Waals surface area (Å²) in [5.74, 6) is 1.25. The molecule has 7 heteroatoms. The summed E-state index contributed by atoms with van der Waals surface area (Å²) >= 11 is 0. The third kappa shape index (κ3) is 5.95. The fourth-order valence-corrected chi connectivity index (χ4v) is 3.23. The van der Waals surface area contributed by atoms with E-state index in [0.717, 1.165) is 32.8 Å². The highest BCUT2D eigenvalue weighted by Gasteiger charge is 2.18. The number of rotatable bonds is 11. The topological polar surface area (TPSA) is 66.5 Å². The molecule has 0 aliphatic carbocycles. The maximum atomic E-state index is 12.8. The molecule has 0 bridgehead atoms. The van der Waals surface area contributed by atoms with Crippen molar-refractivity contribution in [2.75, 3.05) is 66.9 Å². The van der Waals surface area contributed by atoms with Gasteiger partial charge in [-0.1, -0.05) is 30.3 Å². The molecule has 0 radical (unpaired) electrons. The van der Waals surface area contributed by atoms with Crippen molar-refractivity contribution in [2.45, 2.75) is 0 Å². The second-order valence-corrected chi connectivity index (χ2v) is 6.82. The van der Waals surface area contributed by atoms with Crippen LogP contribution in [0.1, 0.15) is 15.9 Å². The monoisotopic (exact) mass is 415 g/mol. The van der Waals surface area contributed by atoms with Crippen LogP contribution in [0.2, 0.25) is 0 Å². The van der Waals surface area contributed by atoms with Crippen LogP contribution in [0.15, 0.2) is 42.5 Å². The van der Waals surface area contributed by atoms with Crippen molar-refractivity contribution in [3.05, 3.63) is 53.6 Å². The van der Waals surface area contributed by atoms with Gasteiger partial charge in [0.25, 0.3) is 0 Å². The molecule has 7 nitrogen and oxygen atoms in total. The molecule has 1 aliphatic rings. The van der Waals surface area contributed by atoms with Gasteiger partial charge in [-0.25, -0.2) is 0 Å². The molecule has 30 heavy (non-hydrogen) atoms. The van der Waals surface area contributed by atoms with Crippen LogP contribution < -0.4 is 14.2 Å². The summed E-state index contributed by atoms with van der Waals surface area (Å²) in [7, 11) is 3.08. The van der Waals surface area contributed by atoms with Gasteiger partial charge in [0.15, 0.2) is 17.3 Å². The number of benzene rings is 2. The predicted octanol–water partition coefficient (Wildman–Crippen LogP) is 2.66. The Bertz CT molecular complexity index is 780. The number of morpholine rings is 1. The Kier molecular flexibility index (Phi) is 8.50. The van der Waals surface area contributed by atoms with Gasteiger partial charge in [-0.2, -0.15) is 0 Å². The number of methoxy groups -OCH3 is 2. The SMILES string of the molecule is COc1cc(C(=O)c2ccccc2)cc(OC)c1OCCOCCN1CCOCC1. The summed E-state index contributed by atoms with van der Waals surface area (Å²) < 4.78 is 27.8. The summed E-state index contributed by atoms with van der Waals surface area (Å²) in [6.07, 6.45) is 0. The minimum Gasteiger partial charge on any atom is -0.493 e. The highest BCUT2D eigenvalue weighted by molar-refractivity contribution is 6.09. The molecule has 0 spiro atoms. The third-order valence-electron chi connectivity index (χ3n) is 4.89. The Hall–Kier alpha value is -2.61. The van der Waals surface area contributed by atoms with Gasteiger partial charge in [-0.3, -0.25) is 9.69 Å². The first kappa shape index (κ1) is 22.1. The Morgan fingerprint density at radius 1 is 0.933 bits per heavy atom. The second-order valence-electron chi connectivity index (χ2n) is 6.82. The van der Waals surface area contributed by atoms with Crippen LogP contribution in [0.25, 0.3) is 0 Å². The zero-order valence-corrected chi connectivity index (χ0v) is 17.6. The van der Waals surface area contributed by atoms with Crippen LogP contribution >= 0.6 is 0 Å². The largest absolute Gasteiger partial charge is 0.493 e. The molecular formula is C23H29NO6. The Morgan fingerprint density at radius 3 is 2.23 bits per heavy atom. The zero-order chi connectivity index (χ0) is 21.2. The van der Waals surface area contributed by atoms with Gasteiger partial charge in [-0.05, 0) is 12.1 Å². The maximum absolute atomic E-state index is 12.8. The van der Waals surface area contributed by atoms with Gasteiger partial charge in [0, 0.05) is 30.8 Å². The van der Waals surface area contributed by atoms with Crippen molar-refractivity contribution in [2.24, 2.45) is 0 Å².